The van der Waals surface area contributed by atoms with Crippen LogP contribution >= 0.6 is 0 Å². The summed E-state index contributed by atoms with van der Waals surface area (Å²) in [6.45, 7) is 2.33. The highest BCUT2D eigenvalue weighted by molar-refractivity contribution is 7.56. The maximum absolute atomic E-state index is 11.0. The van der Waals surface area contributed by atoms with Gasteiger partial charge in [0.25, 0.3) is 0 Å². The summed E-state index contributed by atoms with van der Waals surface area (Å²) in [6.07, 6.45) is 0.870. The summed E-state index contributed by atoms with van der Waals surface area (Å²) in [7, 11) is 1.62. The molecule has 0 aromatic carbocycles. The van der Waals surface area contributed by atoms with E-state index in [-0.39, 0.29) is 17.9 Å². The van der Waals surface area contributed by atoms with Crippen LogP contribution in [0.1, 0.15) is 13.3 Å². The average Bonchev–Trinajstić information content (AvgIpc) is 2.30. The van der Waals surface area contributed by atoms with Crippen LogP contribution in [-0.2, 0) is 22.3 Å². The van der Waals surface area contributed by atoms with E-state index in [0.29, 0.717) is 0 Å². The van der Waals surface area contributed by atoms with Crippen LogP contribution in [0.4, 0.5) is 0 Å². The van der Waals surface area contributed by atoms with Crippen molar-refractivity contribution < 1.29 is 9.53 Å². The largest absolute Gasteiger partial charge is 0.701 e. The topological polar surface area (TPSA) is 29.5 Å². The SMILES string of the molecule is COC1CCN([S-])C1C(C)=O. The van der Waals surface area contributed by atoms with E-state index in [9.17, 15) is 4.79 Å². The molecular weight excluding hydrogens is 162 g/mol. The van der Waals surface area contributed by atoms with Crippen LogP contribution in [0.25, 0.3) is 0 Å². The number of Topliss-reactive ketones (excluding diaryl/α,β-unsaturated/α-hetero) is 1. The Morgan fingerprint density at radius 1 is 1.73 bits per heavy atom. The van der Waals surface area contributed by atoms with E-state index in [1.165, 1.54) is 0 Å². The molecule has 4 heteroatoms. The van der Waals surface area contributed by atoms with Crippen molar-refractivity contribution in [2.75, 3.05) is 13.7 Å². The van der Waals surface area contributed by atoms with Crippen molar-refractivity contribution in [2.24, 2.45) is 0 Å². The van der Waals surface area contributed by atoms with Crippen LogP contribution in [-0.4, -0.2) is 35.9 Å². The first-order valence-corrected chi connectivity index (χ1v) is 4.00. The number of rotatable bonds is 2. The maximum atomic E-state index is 11.0. The Morgan fingerprint density at radius 3 is 2.73 bits per heavy atom. The molecular formula is C7H12NO2S-. The molecule has 1 heterocycles. The van der Waals surface area contributed by atoms with E-state index in [4.69, 9.17) is 17.6 Å². The molecule has 0 bridgehead atoms. The number of carbonyl (C=O) groups excluding carboxylic acids is 1. The zero-order chi connectivity index (χ0) is 8.43. The van der Waals surface area contributed by atoms with Gasteiger partial charge in [-0.2, -0.15) is 0 Å². The Morgan fingerprint density at radius 2 is 2.36 bits per heavy atom. The van der Waals surface area contributed by atoms with Gasteiger partial charge in [0.1, 0.15) is 5.78 Å². The summed E-state index contributed by atoms with van der Waals surface area (Å²) in [6, 6.07) is -0.199. The van der Waals surface area contributed by atoms with Crippen LogP contribution in [0, 0.1) is 0 Å². The molecule has 2 unspecified atom stereocenters. The number of ketones is 1. The standard InChI is InChI=1S/C7H12NO2S/c1-5(9)7-6(10-2)3-4-8(7)11/h6-7H,3-4H2,1-2H3/q-1. The maximum Gasteiger partial charge on any atom is 0.147 e. The van der Waals surface area contributed by atoms with Gasteiger partial charge in [0.15, 0.2) is 0 Å². The van der Waals surface area contributed by atoms with E-state index in [0.717, 1.165) is 13.0 Å². The third kappa shape index (κ3) is 1.75. The second-order valence-electron chi connectivity index (χ2n) is 2.76. The highest BCUT2D eigenvalue weighted by atomic mass is 32.1. The highest BCUT2D eigenvalue weighted by Crippen LogP contribution is 2.19. The molecule has 3 nitrogen and oxygen atoms in total. The zero-order valence-corrected chi connectivity index (χ0v) is 7.56. The number of hydrogen-bond donors (Lipinski definition) is 0. The van der Waals surface area contributed by atoms with Gasteiger partial charge in [-0.15, -0.1) is 0 Å². The number of methoxy groups -OCH3 is 1. The second-order valence-corrected chi connectivity index (χ2v) is 3.23. The lowest BCUT2D eigenvalue weighted by molar-refractivity contribution is -0.122. The quantitative estimate of drug-likeness (QED) is 0.556. The fourth-order valence-corrected chi connectivity index (χ4v) is 1.84. The van der Waals surface area contributed by atoms with Gasteiger partial charge in [-0.05, 0) is 19.9 Å². The normalized spacial score (nSPS) is 32.6. The number of ether oxygens (including phenoxy) is 1. The van der Waals surface area contributed by atoms with Gasteiger partial charge >= 0.3 is 0 Å². The molecule has 1 fully saturated rings. The highest BCUT2D eigenvalue weighted by Gasteiger charge is 2.31. The van der Waals surface area contributed by atoms with Crippen LogP contribution < -0.4 is 0 Å². The summed E-state index contributed by atoms with van der Waals surface area (Å²) >= 11 is 4.98. The summed E-state index contributed by atoms with van der Waals surface area (Å²) in [4.78, 5) is 11.0. The fraction of sp³-hybridized carbons (Fsp3) is 0.857. The third-order valence-corrected chi connectivity index (χ3v) is 2.43. The molecule has 0 aromatic rings. The Hall–Kier alpha value is -0.0600. The number of nitrogens with zero attached hydrogens (tertiary/aromatic N) is 1. The number of carbonyl (C=O) groups is 1. The molecule has 11 heavy (non-hydrogen) atoms. The Balaban J connectivity index is 2.63. The van der Waals surface area contributed by atoms with Gasteiger partial charge in [0.2, 0.25) is 0 Å². The van der Waals surface area contributed by atoms with Crippen molar-refractivity contribution >= 4 is 18.6 Å². The summed E-state index contributed by atoms with van der Waals surface area (Å²) < 4.78 is 6.76. The van der Waals surface area contributed by atoms with Crippen LogP contribution in [0.2, 0.25) is 0 Å². The van der Waals surface area contributed by atoms with Crippen molar-refractivity contribution in [3.05, 3.63) is 0 Å². The van der Waals surface area contributed by atoms with E-state index >= 15 is 0 Å². The molecule has 0 N–H and O–H groups in total. The lowest BCUT2D eigenvalue weighted by Gasteiger charge is -2.31. The monoisotopic (exact) mass is 174 g/mol. The lowest BCUT2D eigenvalue weighted by atomic mass is 10.1. The molecule has 2 atom stereocenters. The minimum atomic E-state index is -0.199. The van der Waals surface area contributed by atoms with Crippen LogP contribution in [0.3, 0.4) is 0 Å². The minimum Gasteiger partial charge on any atom is -0.701 e. The molecule has 1 aliphatic rings. The molecule has 0 spiro atoms. The number of hydrogen-bond acceptors (Lipinski definition) is 4. The van der Waals surface area contributed by atoms with Gasteiger partial charge < -0.3 is 21.9 Å². The van der Waals surface area contributed by atoms with Gasteiger partial charge in [0.05, 0.1) is 12.1 Å². The van der Waals surface area contributed by atoms with Crippen molar-refractivity contribution in [1.82, 2.24) is 4.31 Å². The summed E-state index contributed by atoms with van der Waals surface area (Å²) in [5.41, 5.74) is 0. The first-order valence-electron chi connectivity index (χ1n) is 3.64. The lowest BCUT2D eigenvalue weighted by Crippen LogP contribution is -2.38. The first-order chi connectivity index (χ1) is 5.16. The van der Waals surface area contributed by atoms with Crippen LogP contribution in [0.5, 0.6) is 0 Å². The molecule has 1 saturated heterocycles. The third-order valence-electron chi connectivity index (χ3n) is 2.02. The molecule has 0 amide bonds. The zero-order valence-electron chi connectivity index (χ0n) is 6.74. The molecule has 0 aliphatic carbocycles. The molecule has 0 saturated carbocycles. The molecule has 0 aromatic heterocycles. The molecule has 0 radical (unpaired) electrons. The van der Waals surface area contributed by atoms with E-state index < -0.39 is 0 Å². The van der Waals surface area contributed by atoms with Crippen LogP contribution in [0.15, 0.2) is 0 Å². The summed E-state index contributed by atoms with van der Waals surface area (Å²) in [5, 5.41) is 0. The minimum absolute atomic E-state index is 0.00463. The average molecular weight is 174 g/mol. The summed E-state index contributed by atoms with van der Waals surface area (Å²) in [5.74, 6) is 0.101. The molecule has 64 valence electrons. The van der Waals surface area contributed by atoms with Crippen molar-refractivity contribution in [2.45, 2.75) is 25.5 Å². The smallest absolute Gasteiger partial charge is 0.147 e. The molecule has 1 rings (SSSR count). The predicted octanol–water partition coefficient (Wildman–Crippen LogP) is 0.127. The van der Waals surface area contributed by atoms with E-state index in [1.807, 2.05) is 0 Å². The fourth-order valence-electron chi connectivity index (χ4n) is 1.45. The van der Waals surface area contributed by atoms with Gasteiger partial charge in [-0.1, -0.05) is 0 Å². The Labute approximate surface area is 72.2 Å². The van der Waals surface area contributed by atoms with E-state index in [1.54, 1.807) is 18.3 Å². The van der Waals surface area contributed by atoms with Crippen molar-refractivity contribution in [3.63, 3.8) is 0 Å². The van der Waals surface area contributed by atoms with Crippen molar-refractivity contribution in [1.29, 1.82) is 0 Å². The predicted molar refractivity (Wildman–Crippen MR) is 44.0 cm³/mol. The second kappa shape index (κ2) is 3.56. The van der Waals surface area contributed by atoms with Gasteiger partial charge in [-0.25, -0.2) is 0 Å². The van der Waals surface area contributed by atoms with Gasteiger partial charge in [-0.3, -0.25) is 4.79 Å². The Bertz CT molecular complexity index is 163. The first kappa shape index (κ1) is 9.03. The van der Waals surface area contributed by atoms with E-state index in [2.05, 4.69) is 0 Å². The van der Waals surface area contributed by atoms with Gasteiger partial charge in [0, 0.05) is 7.11 Å². The molecule has 1 aliphatic heterocycles. The van der Waals surface area contributed by atoms with Crippen molar-refractivity contribution in [3.8, 4) is 0 Å². The Kier molecular flexibility index (Phi) is 2.92.